The van der Waals surface area contributed by atoms with E-state index in [9.17, 15) is 9.59 Å². The summed E-state index contributed by atoms with van der Waals surface area (Å²) in [6.45, 7) is 5.17. The van der Waals surface area contributed by atoms with Crippen molar-refractivity contribution in [2.75, 3.05) is 22.9 Å². The highest BCUT2D eigenvalue weighted by atomic mass is 35.5. The SMILES string of the molecule is CCc1ccc(C(=O)N2CC[C@H](C(=O)N(CC)c3ccc(Cl)cc3)c3ccsc32)cc1. The number of carbonyl (C=O) groups excluding carboxylic acids is 2. The van der Waals surface area contributed by atoms with Crippen LogP contribution in [0.1, 0.15) is 47.7 Å². The van der Waals surface area contributed by atoms with Crippen molar-refractivity contribution in [2.24, 2.45) is 0 Å². The van der Waals surface area contributed by atoms with Crippen LogP contribution >= 0.6 is 22.9 Å². The Labute approximate surface area is 192 Å². The van der Waals surface area contributed by atoms with E-state index in [-0.39, 0.29) is 17.7 Å². The zero-order valence-electron chi connectivity index (χ0n) is 17.7. The molecule has 31 heavy (non-hydrogen) atoms. The number of nitrogens with zero attached hydrogens (tertiary/aromatic N) is 2. The third-order valence-corrected chi connectivity index (χ3v) is 7.01. The minimum Gasteiger partial charge on any atom is -0.312 e. The second kappa shape index (κ2) is 9.25. The number of benzene rings is 2. The van der Waals surface area contributed by atoms with Gasteiger partial charge in [-0.25, -0.2) is 0 Å². The molecule has 0 aliphatic carbocycles. The molecule has 4 nitrogen and oxygen atoms in total. The predicted octanol–water partition coefficient (Wildman–Crippen LogP) is 6.15. The molecule has 2 heterocycles. The first-order valence-corrected chi connectivity index (χ1v) is 11.8. The van der Waals surface area contributed by atoms with Crippen LogP contribution < -0.4 is 9.80 Å². The molecule has 1 aliphatic heterocycles. The summed E-state index contributed by atoms with van der Waals surface area (Å²) in [4.78, 5) is 30.3. The Morgan fingerprint density at radius 2 is 1.77 bits per heavy atom. The first kappa shape index (κ1) is 21.6. The molecule has 0 saturated heterocycles. The number of anilines is 2. The topological polar surface area (TPSA) is 40.6 Å². The van der Waals surface area contributed by atoms with Crippen LogP contribution in [0.5, 0.6) is 0 Å². The number of hydrogen-bond acceptors (Lipinski definition) is 3. The van der Waals surface area contributed by atoms with E-state index < -0.39 is 0 Å². The number of fused-ring (bicyclic) bond motifs is 1. The van der Waals surface area contributed by atoms with Crippen LogP contribution in [0.4, 0.5) is 10.7 Å². The summed E-state index contributed by atoms with van der Waals surface area (Å²) in [6.07, 6.45) is 1.55. The Hall–Kier alpha value is -2.63. The van der Waals surface area contributed by atoms with E-state index in [0.717, 1.165) is 22.7 Å². The maximum Gasteiger partial charge on any atom is 0.258 e. The molecule has 0 N–H and O–H groups in total. The van der Waals surface area contributed by atoms with Gasteiger partial charge in [0.05, 0.1) is 5.92 Å². The van der Waals surface area contributed by atoms with Crippen molar-refractivity contribution in [3.8, 4) is 0 Å². The highest BCUT2D eigenvalue weighted by Crippen LogP contribution is 2.41. The Kier molecular flexibility index (Phi) is 6.44. The Bertz CT molecular complexity index is 1080. The molecule has 0 spiro atoms. The summed E-state index contributed by atoms with van der Waals surface area (Å²) < 4.78 is 0. The number of aryl methyl sites for hydroxylation is 1. The van der Waals surface area contributed by atoms with Gasteiger partial charge in [0.1, 0.15) is 5.00 Å². The van der Waals surface area contributed by atoms with Gasteiger partial charge in [0, 0.05) is 29.4 Å². The molecule has 0 unspecified atom stereocenters. The van der Waals surface area contributed by atoms with Gasteiger partial charge in [0.25, 0.3) is 5.91 Å². The van der Waals surface area contributed by atoms with Crippen molar-refractivity contribution in [2.45, 2.75) is 32.6 Å². The quantitative estimate of drug-likeness (QED) is 0.465. The fourth-order valence-corrected chi connectivity index (χ4v) is 5.19. The lowest BCUT2D eigenvalue weighted by Gasteiger charge is -2.34. The van der Waals surface area contributed by atoms with Gasteiger partial charge in [-0.15, -0.1) is 11.3 Å². The first-order valence-electron chi connectivity index (χ1n) is 10.6. The number of carbonyl (C=O) groups is 2. The smallest absolute Gasteiger partial charge is 0.258 e. The molecular weight excluding hydrogens is 428 g/mol. The Morgan fingerprint density at radius 3 is 2.42 bits per heavy atom. The summed E-state index contributed by atoms with van der Waals surface area (Å²) in [6, 6.07) is 17.1. The van der Waals surface area contributed by atoms with Gasteiger partial charge in [0.2, 0.25) is 5.91 Å². The van der Waals surface area contributed by atoms with E-state index in [1.807, 2.05) is 59.7 Å². The number of rotatable bonds is 5. The third kappa shape index (κ3) is 4.25. The highest BCUT2D eigenvalue weighted by molar-refractivity contribution is 7.14. The largest absolute Gasteiger partial charge is 0.312 e. The minimum atomic E-state index is -0.261. The Morgan fingerprint density at radius 1 is 1.06 bits per heavy atom. The average Bonchev–Trinajstić information content (AvgIpc) is 3.29. The summed E-state index contributed by atoms with van der Waals surface area (Å²) in [5.41, 5.74) is 3.66. The van der Waals surface area contributed by atoms with E-state index in [2.05, 4.69) is 6.92 Å². The fourth-order valence-electron chi connectivity index (χ4n) is 4.07. The van der Waals surface area contributed by atoms with Gasteiger partial charge >= 0.3 is 0 Å². The number of amides is 2. The minimum absolute atomic E-state index is 0.0118. The maximum atomic E-state index is 13.5. The van der Waals surface area contributed by atoms with E-state index in [0.29, 0.717) is 30.1 Å². The molecule has 0 saturated carbocycles. The lowest BCUT2D eigenvalue weighted by molar-refractivity contribution is -0.120. The maximum absolute atomic E-state index is 13.5. The lowest BCUT2D eigenvalue weighted by Crippen LogP contribution is -2.41. The molecule has 0 radical (unpaired) electrons. The molecule has 6 heteroatoms. The van der Waals surface area contributed by atoms with Gasteiger partial charge in [-0.2, -0.15) is 0 Å². The molecule has 2 amide bonds. The second-order valence-electron chi connectivity index (χ2n) is 7.59. The summed E-state index contributed by atoms with van der Waals surface area (Å²) in [7, 11) is 0. The molecule has 1 aromatic heterocycles. The first-order chi connectivity index (χ1) is 15.0. The van der Waals surface area contributed by atoms with E-state index in [1.54, 1.807) is 17.0 Å². The molecule has 2 aromatic carbocycles. The zero-order valence-corrected chi connectivity index (χ0v) is 19.2. The van der Waals surface area contributed by atoms with Crippen LogP contribution in [-0.4, -0.2) is 24.9 Å². The summed E-state index contributed by atoms with van der Waals surface area (Å²) >= 11 is 7.53. The van der Waals surface area contributed by atoms with Crippen molar-refractivity contribution >= 4 is 45.4 Å². The predicted molar refractivity (Wildman–Crippen MR) is 129 cm³/mol. The standard InChI is InChI=1S/C25H25ClN2O2S/c1-3-17-5-7-18(8-6-17)23(29)28-15-13-21(22-14-16-31-25(22)28)24(30)27(4-2)20-11-9-19(26)10-12-20/h5-12,14,16,21H,3-4,13,15H2,1-2H3/t21-/m0/s1. The van der Waals surface area contributed by atoms with Gasteiger partial charge in [0.15, 0.2) is 0 Å². The molecule has 0 bridgehead atoms. The molecule has 1 aliphatic rings. The van der Waals surface area contributed by atoms with Gasteiger partial charge in [-0.1, -0.05) is 30.7 Å². The monoisotopic (exact) mass is 452 g/mol. The van der Waals surface area contributed by atoms with Crippen molar-refractivity contribution in [3.63, 3.8) is 0 Å². The number of thiophene rings is 1. The molecule has 3 aromatic rings. The van der Waals surface area contributed by atoms with Crippen molar-refractivity contribution < 1.29 is 9.59 Å². The van der Waals surface area contributed by atoms with Crippen LogP contribution in [-0.2, 0) is 11.2 Å². The number of hydrogen-bond donors (Lipinski definition) is 0. The average molecular weight is 453 g/mol. The van der Waals surface area contributed by atoms with Crippen LogP contribution in [0.3, 0.4) is 0 Å². The zero-order chi connectivity index (χ0) is 22.0. The highest BCUT2D eigenvalue weighted by Gasteiger charge is 2.36. The number of likely N-dealkylation sites (N-methyl/N-ethyl adjacent to an activating group) is 1. The molecule has 0 fully saturated rings. The van der Waals surface area contributed by atoms with Crippen LogP contribution in [0.15, 0.2) is 60.0 Å². The molecule has 160 valence electrons. The van der Waals surface area contributed by atoms with Crippen LogP contribution in [0.25, 0.3) is 0 Å². The number of halogens is 1. The lowest BCUT2D eigenvalue weighted by atomic mass is 9.91. The summed E-state index contributed by atoms with van der Waals surface area (Å²) in [5, 5.41) is 3.49. The van der Waals surface area contributed by atoms with Crippen LogP contribution in [0, 0.1) is 0 Å². The molecule has 1 atom stereocenters. The van der Waals surface area contributed by atoms with Gasteiger partial charge in [-0.3, -0.25) is 14.5 Å². The second-order valence-corrected chi connectivity index (χ2v) is 8.92. The van der Waals surface area contributed by atoms with Gasteiger partial charge < -0.3 is 4.90 Å². The van der Waals surface area contributed by atoms with E-state index in [1.165, 1.54) is 16.9 Å². The summed E-state index contributed by atoms with van der Waals surface area (Å²) in [5.74, 6) is -0.213. The molecular formula is C25H25ClN2O2S. The molecule has 4 rings (SSSR count). The Balaban J connectivity index is 1.59. The van der Waals surface area contributed by atoms with Crippen molar-refractivity contribution in [1.29, 1.82) is 0 Å². The van der Waals surface area contributed by atoms with Crippen molar-refractivity contribution in [3.05, 3.63) is 81.7 Å². The third-order valence-electron chi connectivity index (χ3n) is 5.81. The van der Waals surface area contributed by atoms with E-state index >= 15 is 0 Å². The fraction of sp³-hybridized carbons (Fsp3) is 0.280. The van der Waals surface area contributed by atoms with Crippen molar-refractivity contribution in [1.82, 2.24) is 0 Å². The van der Waals surface area contributed by atoms with Gasteiger partial charge in [-0.05, 0) is 78.7 Å². The van der Waals surface area contributed by atoms with E-state index in [4.69, 9.17) is 11.6 Å². The van der Waals surface area contributed by atoms with Crippen LogP contribution in [0.2, 0.25) is 5.02 Å². The normalized spacial score (nSPS) is 15.5.